The fourth-order valence-electron chi connectivity index (χ4n) is 5.23. The molecule has 1 aliphatic heterocycles. The number of carbonyl (C=O) groups excluding carboxylic acids is 2. The quantitative estimate of drug-likeness (QED) is 0.276. The van der Waals surface area contributed by atoms with E-state index in [1.165, 1.54) is 6.08 Å². The number of hydrogen-bond acceptors (Lipinski definition) is 4. The van der Waals surface area contributed by atoms with Crippen LogP contribution in [0.4, 0.5) is 0 Å². The third-order valence-corrected chi connectivity index (χ3v) is 7.81. The first-order valence-electron chi connectivity index (χ1n) is 13.1. The lowest BCUT2D eigenvalue weighted by atomic mass is 9.86. The van der Waals surface area contributed by atoms with Gasteiger partial charge >= 0.3 is 0 Å². The van der Waals surface area contributed by atoms with E-state index in [9.17, 15) is 9.59 Å². The van der Waals surface area contributed by atoms with E-state index in [-0.39, 0.29) is 29.1 Å². The highest BCUT2D eigenvalue weighted by atomic mass is 35.5. The number of fused-ring (bicyclic) bond motifs is 1. The van der Waals surface area contributed by atoms with Crippen molar-refractivity contribution in [3.63, 3.8) is 0 Å². The smallest absolute Gasteiger partial charge is 0.245 e. The topological polar surface area (TPSA) is 83.9 Å². The number of Topliss-reactive ketones (excluding diaryl/α,β-unsaturated/α-hetero) is 1. The highest BCUT2D eigenvalue weighted by Crippen LogP contribution is 2.34. The first kappa shape index (κ1) is 27.1. The fourth-order valence-corrected chi connectivity index (χ4v) is 5.67. The number of H-pyrrole nitrogens is 1. The van der Waals surface area contributed by atoms with Gasteiger partial charge in [0.15, 0.2) is 5.78 Å². The monoisotopic (exact) mass is 523 g/mol. The number of nitrogens with zero attached hydrogens (tertiary/aromatic N) is 4. The number of aromatic amines is 1. The summed E-state index contributed by atoms with van der Waals surface area (Å²) in [5.74, 6) is 1.12. The molecule has 0 bridgehead atoms. The molecule has 0 spiro atoms. The molecule has 1 N–H and O–H groups in total. The summed E-state index contributed by atoms with van der Waals surface area (Å²) in [5, 5.41) is 9.50. The number of aromatic nitrogens is 4. The van der Waals surface area contributed by atoms with Gasteiger partial charge in [0.25, 0.3) is 0 Å². The maximum absolute atomic E-state index is 13.4. The summed E-state index contributed by atoms with van der Waals surface area (Å²) in [6, 6.07) is 4.24. The molecule has 3 heterocycles. The van der Waals surface area contributed by atoms with Crippen LogP contribution < -0.4 is 0 Å². The number of carbonyl (C=O) groups is 2. The fraction of sp³-hybridized carbons (Fsp3) is 0.517. The second-order valence-electron chi connectivity index (χ2n) is 11.3. The largest absolute Gasteiger partial charge is 0.338 e. The van der Waals surface area contributed by atoms with Gasteiger partial charge in [0.1, 0.15) is 11.5 Å². The lowest BCUT2D eigenvalue weighted by Gasteiger charge is -2.38. The van der Waals surface area contributed by atoms with Crippen LogP contribution in [0.2, 0.25) is 5.02 Å². The Bertz CT molecular complexity index is 1340. The van der Waals surface area contributed by atoms with Gasteiger partial charge in [-0.15, -0.1) is 0 Å². The summed E-state index contributed by atoms with van der Waals surface area (Å²) in [5.41, 5.74) is 4.40. The lowest BCUT2D eigenvalue weighted by Crippen LogP contribution is -2.50. The third-order valence-electron chi connectivity index (χ3n) is 7.50. The molecule has 37 heavy (non-hydrogen) atoms. The Morgan fingerprint density at radius 3 is 2.59 bits per heavy atom. The average molecular weight is 524 g/mol. The number of ketones is 1. The first-order chi connectivity index (χ1) is 17.4. The Hall–Kier alpha value is -2.93. The number of amides is 1. The van der Waals surface area contributed by atoms with E-state index in [0.29, 0.717) is 31.6 Å². The van der Waals surface area contributed by atoms with Crippen LogP contribution in [0.1, 0.15) is 86.8 Å². The number of aryl methyl sites for hydroxylation is 3. The number of hydrogen-bond donors (Lipinski definition) is 1. The summed E-state index contributed by atoms with van der Waals surface area (Å²) in [6.07, 6.45) is 4.06. The summed E-state index contributed by atoms with van der Waals surface area (Å²) in [6.45, 7) is 17.4. The molecule has 1 saturated heterocycles. The molecule has 7 nitrogen and oxygen atoms in total. The summed E-state index contributed by atoms with van der Waals surface area (Å²) >= 11 is 6.55. The zero-order chi connectivity index (χ0) is 27.1. The van der Waals surface area contributed by atoms with Gasteiger partial charge < -0.3 is 9.47 Å². The molecule has 1 unspecified atom stereocenters. The average Bonchev–Trinajstić information content (AvgIpc) is 3.36. The zero-order valence-electron chi connectivity index (χ0n) is 22.8. The van der Waals surface area contributed by atoms with Crippen molar-refractivity contribution < 1.29 is 9.59 Å². The van der Waals surface area contributed by atoms with Gasteiger partial charge in [-0.25, -0.2) is 4.98 Å². The molecule has 1 amide bonds. The van der Waals surface area contributed by atoms with Crippen LogP contribution in [0.3, 0.4) is 0 Å². The minimum atomic E-state index is -0.0740. The first-order valence-corrected chi connectivity index (χ1v) is 13.5. The number of likely N-dealkylation sites (tertiary alicyclic amines) is 1. The second kappa shape index (κ2) is 10.4. The van der Waals surface area contributed by atoms with Crippen LogP contribution in [0, 0.1) is 12.8 Å². The van der Waals surface area contributed by atoms with Crippen molar-refractivity contribution in [2.45, 2.75) is 78.7 Å². The molecule has 4 rings (SSSR count). The number of benzene rings is 1. The Labute approximate surface area is 224 Å². The van der Waals surface area contributed by atoms with E-state index in [1.54, 1.807) is 4.90 Å². The number of halogens is 1. The number of nitrogens with one attached hydrogen (secondary N) is 1. The van der Waals surface area contributed by atoms with E-state index >= 15 is 0 Å². The zero-order valence-corrected chi connectivity index (χ0v) is 23.6. The minimum Gasteiger partial charge on any atom is -0.338 e. The molecule has 0 saturated carbocycles. The van der Waals surface area contributed by atoms with Crippen molar-refractivity contribution in [1.29, 1.82) is 0 Å². The molecule has 8 heteroatoms. The maximum Gasteiger partial charge on any atom is 0.245 e. The molecule has 1 atom stereocenters. The molecule has 1 fully saturated rings. The molecule has 3 aromatic rings. The SMILES string of the molecule is C=CC(=O)N1CC(CC(=O)c2c(C)nc(CCc3[nH]nc4cc(Cl)c(C(C)(C)C)cc34)n2C(C)CC)C1. The number of rotatable bonds is 9. The van der Waals surface area contributed by atoms with E-state index in [0.717, 1.165) is 51.5 Å². The normalized spacial score (nSPS) is 15.2. The molecular formula is C29H38ClN5O2. The number of imidazole rings is 1. The Morgan fingerprint density at radius 1 is 1.27 bits per heavy atom. The van der Waals surface area contributed by atoms with Crippen molar-refractivity contribution >= 4 is 34.2 Å². The standard InChI is InChI=1S/C29H38ClN5O2/c1-8-17(3)35-26(31-18(4)28(35)25(36)12-19-15-34(16-19)27(37)9-2)11-10-23-20-13-21(29(5,6)7)22(30)14-24(20)33-32-23/h9,13-14,17,19H,2,8,10-12,15-16H2,1,3-7H3,(H,32,33). The molecule has 1 aromatic carbocycles. The van der Waals surface area contributed by atoms with E-state index < -0.39 is 0 Å². The molecule has 2 aromatic heterocycles. The summed E-state index contributed by atoms with van der Waals surface area (Å²) < 4.78 is 2.14. The molecule has 1 aliphatic rings. The highest BCUT2D eigenvalue weighted by Gasteiger charge is 2.33. The Kier molecular flexibility index (Phi) is 7.65. The highest BCUT2D eigenvalue weighted by molar-refractivity contribution is 6.32. The van der Waals surface area contributed by atoms with Crippen molar-refractivity contribution in [2.75, 3.05) is 13.1 Å². The van der Waals surface area contributed by atoms with E-state index in [2.05, 4.69) is 62.0 Å². The van der Waals surface area contributed by atoms with Crippen molar-refractivity contribution in [3.05, 3.63) is 58.3 Å². The van der Waals surface area contributed by atoms with Gasteiger partial charge in [0, 0.05) is 54.0 Å². The second-order valence-corrected chi connectivity index (χ2v) is 11.7. The maximum atomic E-state index is 13.4. The van der Waals surface area contributed by atoms with Crippen molar-refractivity contribution in [1.82, 2.24) is 24.6 Å². The van der Waals surface area contributed by atoms with Crippen LogP contribution in [-0.2, 0) is 23.1 Å². The van der Waals surface area contributed by atoms with Crippen LogP contribution in [0.15, 0.2) is 24.8 Å². The van der Waals surface area contributed by atoms with Crippen LogP contribution in [0.5, 0.6) is 0 Å². The molecular weight excluding hydrogens is 486 g/mol. The van der Waals surface area contributed by atoms with Crippen LogP contribution in [-0.4, -0.2) is 49.4 Å². The van der Waals surface area contributed by atoms with Gasteiger partial charge in [-0.3, -0.25) is 14.7 Å². The van der Waals surface area contributed by atoms with Crippen molar-refractivity contribution in [3.8, 4) is 0 Å². The molecule has 198 valence electrons. The predicted molar refractivity (Wildman–Crippen MR) is 148 cm³/mol. The molecule has 0 aliphatic carbocycles. The van der Waals surface area contributed by atoms with E-state index in [1.807, 2.05) is 13.0 Å². The predicted octanol–water partition coefficient (Wildman–Crippen LogP) is 5.99. The third kappa shape index (κ3) is 5.37. The van der Waals surface area contributed by atoms with E-state index in [4.69, 9.17) is 16.6 Å². The van der Waals surface area contributed by atoms with Crippen molar-refractivity contribution in [2.24, 2.45) is 5.92 Å². The molecule has 0 radical (unpaired) electrons. The summed E-state index contributed by atoms with van der Waals surface area (Å²) in [4.78, 5) is 31.8. The minimum absolute atomic E-state index is 0.0740. The Morgan fingerprint density at radius 2 is 1.97 bits per heavy atom. The van der Waals surface area contributed by atoms with Crippen LogP contribution >= 0.6 is 11.6 Å². The summed E-state index contributed by atoms with van der Waals surface area (Å²) in [7, 11) is 0. The Balaban J connectivity index is 1.57. The van der Waals surface area contributed by atoms with Gasteiger partial charge in [0.2, 0.25) is 5.91 Å². The van der Waals surface area contributed by atoms with Crippen LogP contribution in [0.25, 0.3) is 10.9 Å². The van der Waals surface area contributed by atoms with Gasteiger partial charge in [0.05, 0.1) is 11.2 Å². The van der Waals surface area contributed by atoms with Gasteiger partial charge in [-0.05, 0) is 55.9 Å². The van der Waals surface area contributed by atoms with Gasteiger partial charge in [-0.1, -0.05) is 45.9 Å². The van der Waals surface area contributed by atoms with Gasteiger partial charge in [-0.2, -0.15) is 5.10 Å². The lowest BCUT2D eigenvalue weighted by molar-refractivity contribution is -0.132.